The number of carbonyl (C=O) groups is 7. The van der Waals surface area contributed by atoms with Gasteiger partial charge in [-0.25, -0.2) is 0 Å². The molecule has 54 heavy (non-hydrogen) atoms. The minimum atomic E-state index is -1.78. The predicted molar refractivity (Wildman–Crippen MR) is 182 cm³/mol. The predicted octanol–water partition coefficient (Wildman–Crippen LogP) is 2.32. The van der Waals surface area contributed by atoms with Crippen molar-refractivity contribution in [1.29, 1.82) is 0 Å². The molecule has 2 aliphatic heterocycles. The maximum atomic E-state index is 12.6. The molecule has 10 atom stereocenters. The summed E-state index contributed by atoms with van der Waals surface area (Å²) in [5.41, 5.74) is 2.17. The third-order valence-electron chi connectivity index (χ3n) is 7.67. The van der Waals surface area contributed by atoms with Gasteiger partial charge in [0.1, 0.15) is 31.5 Å². The molecule has 2 saturated heterocycles. The maximum absolute atomic E-state index is 12.6. The number of hydrogen-bond donors (Lipinski definition) is 0. The van der Waals surface area contributed by atoms with Crippen LogP contribution >= 0.6 is 0 Å². The average Bonchev–Trinajstić information content (AvgIpc) is 3.03. The zero-order chi connectivity index (χ0) is 40.7. The second-order valence-electron chi connectivity index (χ2n) is 12.9. The molecule has 18 heteroatoms. The van der Waals surface area contributed by atoms with Crippen molar-refractivity contribution in [1.82, 2.24) is 0 Å². The Morgan fingerprint density at radius 3 is 1.35 bits per heavy atom. The Hall–Kier alpha value is -4.39. The third kappa shape index (κ3) is 15.5. The number of rotatable bonds is 17. The highest BCUT2D eigenvalue weighted by atomic mass is 16.8. The fraction of sp³-hybridized carbons (Fsp3) is 0.694. The van der Waals surface area contributed by atoms with Crippen molar-refractivity contribution in [2.45, 2.75) is 143 Å². The molecule has 0 bridgehead atoms. The van der Waals surface area contributed by atoms with E-state index >= 15 is 0 Å². The zero-order valence-electron chi connectivity index (χ0n) is 32.3. The van der Waals surface area contributed by atoms with Gasteiger partial charge in [-0.3, -0.25) is 33.6 Å². The van der Waals surface area contributed by atoms with E-state index in [0.717, 1.165) is 66.9 Å². The van der Waals surface area contributed by atoms with Gasteiger partial charge in [0.15, 0.2) is 43.1 Å². The van der Waals surface area contributed by atoms with Gasteiger partial charge >= 0.3 is 41.8 Å². The smallest absolute Gasteiger partial charge is 0.303 e. The Labute approximate surface area is 314 Å². The fourth-order valence-corrected chi connectivity index (χ4v) is 5.58. The van der Waals surface area contributed by atoms with Crippen LogP contribution in [0.3, 0.4) is 0 Å². The van der Waals surface area contributed by atoms with Gasteiger partial charge in [-0.1, -0.05) is 23.3 Å². The first-order valence-corrected chi connectivity index (χ1v) is 17.3. The molecular weight excluding hydrogens is 720 g/mol. The molecule has 0 aromatic heterocycles. The number of ether oxygens (including phenoxy) is 11. The van der Waals surface area contributed by atoms with Crippen molar-refractivity contribution in [3.05, 3.63) is 23.3 Å². The van der Waals surface area contributed by atoms with Crippen molar-refractivity contribution >= 4 is 41.8 Å². The molecule has 2 heterocycles. The molecule has 18 nitrogen and oxygen atoms in total. The van der Waals surface area contributed by atoms with Gasteiger partial charge in [-0.05, 0) is 33.6 Å². The van der Waals surface area contributed by atoms with E-state index in [4.69, 9.17) is 52.1 Å². The first-order chi connectivity index (χ1) is 25.3. The monoisotopic (exact) mass is 772 g/mol. The molecule has 0 amide bonds. The second-order valence-corrected chi connectivity index (χ2v) is 12.9. The largest absolute Gasteiger partial charge is 0.463 e. The number of carbonyl (C=O) groups excluding carboxylic acids is 7. The Bertz CT molecular complexity index is 1400. The molecule has 2 rings (SSSR count). The van der Waals surface area contributed by atoms with Gasteiger partial charge in [0.2, 0.25) is 0 Å². The molecule has 0 unspecified atom stereocenters. The SMILES string of the molecule is CC(=O)OC[C@H]1O[C@H](O[C@H]2[C@H](OC(C)=O)[C@@H](OC(C)=O)[C@H](OC/C=C(\C)CCC=C(C)C)O[C@@H]2COC(C)=O)[C@H](OC(C)=O)[C@@H](OC(C)=O)[C@@H]1OC(C)=O. The second kappa shape index (κ2) is 22.1. The Morgan fingerprint density at radius 1 is 0.481 bits per heavy atom. The highest BCUT2D eigenvalue weighted by Crippen LogP contribution is 2.35. The molecule has 0 N–H and O–H groups in total. The van der Waals surface area contributed by atoms with E-state index in [1.54, 1.807) is 6.08 Å². The zero-order valence-corrected chi connectivity index (χ0v) is 32.3. The third-order valence-corrected chi connectivity index (χ3v) is 7.67. The lowest BCUT2D eigenvalue weighted by atomic mass is 9.96. The molecule has 0 saturated carbocycles. The standard InChI is InChI=1S/C36H52O18/c1-18(2)12-11-13-19(3)14-15-44-35-33(50-25(9)42)32(49-24(8)41)30(28(52-35)17-46-21(5)38)54-36-34(51-26(10)43)31(48-23(7)40)29(47-22(6)39)27(53-36)16-45-20(4)37/h12,14,27-36H,11,13,15-17H2,1-10H3/b19-14+/t27-,28-,29-,30-,31+,32+,33-,34-,35-,36-/m1/s1. The van der Waals surface area contributed by atoms with Crippen molar-refractivity contribution in [2.75, 3.05) is 19.8 Å². The maximum Gasteiger partial charge on any atom is 0.303 e. The topological polar surface area (TPSA) is 221 Å². The fourth-order valence-electron chi connectivity index (χ4n) is 5.58. The number of hydrogen-bond acceptors (Lipinski definition) is 18. The van der Waals surface area contributed by atoms with E-state index in [1.807, 2.05) is 20.8 Å². The quantitative estimate of drug-likeness (QED) is 0.118. The first-order valence-electron chi connectivity index (χ1n) is 17.3. The summed E-state index contributed by atoms with van der Waals surface area (Å²) in [4.78, 5) is 85.8. The van der Waals surface area contributed by atoms with E-state index in [0.29, 0.717) is 0 Å². The minimum Gasteiger partial charge on any atom is -0.463 e. The van der Waals surface area contributed by atoms with Crippen molar-refractivity contribution in [3.63, 3.8) is 0 Å². The number of allylic oxidation sites excluding steroid dienone is 3. The summed E-state index contributed by atoms with van der Waals surface area (Å²) < 4.78 is 62.6. The van der Waals surface area contributed by atoms with E-state index in [-0.39, 0.29) is 6.61 Å². The van der Waals surface area contributed by atoms with Gasteiger partial charge in [-0.15, -0.1) is 0 Å². The average molecular weight is 773 g/mol. The van der Waals surface area contributed by atoms with Crippen LogP contribution in [0.4, 0.5) is 0 Å². The molecule has 0 aliphatic carbocycles. The first kappa shape index (κ1) is 45.8. The summed E-state index contributed by atoms with van der Waals surface area (Å²) in [5.74, 6) is -5.76. The molecule has 0 aromatic rings. The Balaban J connectivity index is 2.67. The van der Waals surface area contributed by atoms with E-state index < -0.39 is 116 Å². The molecule has 0 aromatic carbocycles. The summed E-state index contributed by atoms with van der Waals surface area (Å²) in [6, 6.07) is 0. The van der Waals surface area contributed by atoms with Crippen LogP contribution < -0.4 is 0 Å². The normalized spacial score (nSPS) is 28.1. The summed E-state index contributed by atoms with van der Waals surface area (Å²) >= 11 is 0. The molecule has 304 valence electrons. The van der Waals surface area contributed by atoms with E-state index in [9.17, 15) is 33.6 Å². The van der Waals surface area contributed by atoms with Gasteiger partial charge in [0.05, 0.1) is 6.61 Å². The lowest BCUT2D eigenvalue weighted by Crippen LogP contribution is -2.67. The molecule has 0 radical (unpaired) electrons. The van der Waals surface area contributed by atoms with Crippen LogP contribution in [0.5, 0.6) is 0 Å². The highest BCUT2D eigenvalue weighted by Gasteiger charge is 2.57. The van der Waals surface area contributed by atoms with E-state index in [2.05, 4.69) is 6.08 Å². The lowest BCUT2D eigenvalue weighted by molar-refractivity contribution is -0.360. The van der Waals surface area contributed by atoms with E-state index in [1.165, 1.54) is 5.57 Å². The van der Waals surface area contributed by atoms with Crippen molar-refractivity contribution < 1.29 is 85.7 Å². The molecule has 2 fully saturated rings. The summed E-state index contributed by atoms with van der Waals surface area (Å²) in [6.45, 7) is 12.4. The summed E-state index contributed by atoms with van der Waals surface area (Å²) in [6.07, 6.45) is -9.87. The van der Waals surface area contributed by atoms with Crippen LogP contribution in [0.15, 0.2) is 23.3 Å². The van der Waals surface area contributed by atoms with Crippen LogP contribution in [0.2, 0.25) is 0 Å². The lowest BCUT2D eigenvalue weighted by Gasteiger charge is -2.48. The summed E-state index contributed by atoms with van der Waals surface area (Å²) in [5, 5.41) is 0. The highest BCUT2D eigenvalue weighted by molar-refractivity contribution is 5.69. The molecule has 0 spiro atoms. The van der Waals surface area contributed by atoms with Crippen LogP contribution in [0.25, 0.3) is 0 Å². The van der Waals surface area contributed by atoms with Gasteiger partial charge in [-0.2, -0.15) is 0 Å². The van der Waals surface area contributed by atoms with Gasteiger partial charge in [0.25, 0.3) is 0 Å². The van der Waals surface area contributed by atoms with Crippen LogP contribution in [0, 0.1) is 0 Å². The van der Waals surface area contributed by atoms with Crippen LogP contribution in [-0.4, -0.2) is 123 Å². The minimum absolute atomic E-state index is 0.0264. The van der Waals surface area contributed by atoms with Gasteiger partial charge < -0.3 is 52.1 Å². The van der Waals surface area contributed by atoms with Crippen molar-refractivity contribution in [3.8, 4) is 0 Å². The Morgan fingerprint density at radius 2 is 0.889 bits per heavy atom. The van der Waals surface area contributed by atoms with Crippen LogP contribution in [-0.2, 0) is 85.7 Å². The van der Waals surface area contributed by atoms with Gasteiger partial charge in [0, 0.05) is 48.5 Å². The van der Waals surface area contributed by atoms with Crippen molar-refractivity contribution in [2.24, 2.45) is 0 Å². The molecule has 2 aliphatic rings. The molecular formula is C36H52O18. The van der Waals surface area contributed by atoms with Crippen LogP contribution in [0.1, 0.15) is 82.1 Å². The Kier molecular flexibility index (Phi) is 18.7. The summed E-state index contributed by atoms with van der Waals surface area (Å²) in [7, 11) is 0. The number of esters is 7.